The van der Waals surface area contributed by atoms with Crippen molar-refractivity contribution in [1.82, 2.24) is 14.7 Å². The van der Waals surface area contributed by atoms with Crippen LogP contribution in [0.25, 0.3) is 22.5 Å². The number of nitrogens with zero attached hydrogens (tertiary/aromatic N) is 4. The summed E-state index contributed by atoms with van der Waals surface area (Å²) in [5.41, 5.74) is 7.42. The van der Waals surface area contributed by atoms with Crippen LogP contribution in [0.15, 0.2) is 70.9 Å². The SMILES string of the molecule is CC1=NC2=C(CC1)CN(C(=O)Cn1nc(-c3ccc(F)c(C)c3)cc1-c1ccccc1)C2. The van der Waals surface area contributed by atoms with Crippen molar-refractivity contribution in [2.75, 3.05) is 13.1 Å². The van der Waals surface area contributed by atoms with Crippen LogP contribution in [0.2, 0.25) is 0 Å². The Balaban J connectivity index is 1.44. The Morgan fingerprint density at radius 2 is 1.81 bits per heavy atom. The van der Waals surface area contributed by atoms with Gasteiger partial charge in [0.1, 0.15) is 12.4 Å². The number of carbonyl (C=O) groups is 1. The molecule has 3 aromatic rings. The van der Waals surface area contributed by atoms with Gasteiger partial charge in [-0.3, -0.25) is 14.5 Å². The zero-order valence-electron chi connectivity index (χ0n) is 18.3. The number of aromatic nitrogens is 2. The van der Waals surface area contributed by atoms with Gasteiger partial charge < -0.3 is 4.90 Å². The van der Waals surface area contributed by atoms with Crippen LogP contribution in [0, 0.1) is 12.7 Å². The first kappa shape index (κ1) is 20.4. The average molecular weight is 429 g/mol. The minimum Gasteiger partial charge on any atom is -0.331 e. The molecule has 0 unspecified atom stereocenters. The smallest absolute Gasteiger partial charge is 0.244 e. The molecule has 0 N–H and O–H groups in total. The predicted molar refractivity (Wildman–Crippen MR) is 124 cm³/mol. The molecule has 3 heterocycles. The summed E-state index contributed by atoms with van der Waals surface area (Å²) in [5.74, 6) is -0.218. The van der Waals surface area contributed by atoms with E-state index in [1.54, 1.807) is 23.7 Å². The molecule has 0 spiro atoms. The summed E-state index contributed by atoms with van der Waals surface area (Å²) < 4.78 is 15.5. The van der Waals surface area contributed by atoms with Gasteiger partial charge in [-0.25, -0.2) is 4.39 Å². The molecule has 0 bridgehead atoms. The molecule has 0 atom stereocenters. The van der Waals surface area contributed by atoms with Crippen LogP contribution in [0.3, 0.4) is 0 Å². The van der Waals surface area contributed by atoms with E-state index in [4.69, 9.17) is 5.10 Å². The largest absolute Gasteiger partial charge is 0.331 e. The zero-order chi connectivity index (χ0) is 22.2. The van der Waals surface area contributed by atoms with Crippen molar-refractivity contribution in [2.45, 2.75) is 33.2 Å². The number of aliphatic imine (C=N–C) groups is 1. The maximum atomic E-state index is 13.8. The van der Waals surface area contributed by atoms with E-state index in [1.807, 2.05) is 48.2 Å². The molecule has 5 nitrogen and oxygen atoms in total. The number of amides is 1. The third-order valence-electron chi connectivity index (χ3n) is 6.19. The van der Waals surface area contributed by atoms with Gasteiger partial charge in [-0.2, -0.15) is 5.10 Å². The van der Waals surface area contributed by atoms with Crippen molar-refractivity contribution in [2.24, 2.45) is 4.99 Å². The number of hydrogen-bond donors (Lipinski definition) is 0. The summed E-state index contributed by atoms with van der Waals surface area (Å²) in [6.45, 7) is 5.15. The van der Waals surface area contributed by atoms with Crippen molar-refractivity contribution in [3.63, 3.8) is 0 Å². The molecule has 6 heteroatoms. The first-order chi connectivity index (χ1) is 15.5. The Kier molecular flexibility index (Phi) is 5.21. The Morgan fingerprint density at radius 3 is 2.59 bits per heavy atom. The van der Waals surface area contributed by atoms with E-state index >= 15 is 0 Å². The lowest BCUT2D eigenvalue weighted by atomic mass is 10.0. The van der Waals surface area contributed by atoms with Gasteiger partial charge in [0.2, 0.25) is 5.91 Å². The van der Waals surface area contributed by atoms with Crippen molar-refractivity contribution in [1.29, 1.82) is 0 Å². The Labute approximate surface area is 186 Å². The normalized spacial score (nSPS) is 15.7. The molecule has 32 heavy (non-hydrogen) atoms. The molecule has 5 rings (SSSR count). The van der Waals surface area contributed by atoms with Gasteiger partial charge in [0.25, 0.3) is 0 Å². The summed E-state index contributed by atoms with van der Waals surface area (Å²) >= 11 is 0. The second-order valence-electron chi connectivity index (χ2n) is 8.55. The molecular weight excluding hydrogens is 403 g/mol. The van der Waals surface area contributed by atoms with E-state index in [2.05, 4.69) is 4.99 Å². The number of benzene rings is 2. The van der Waals surface area contributed by atoms with E-state index < -0.39 is 0 Å². The van der Waals surface area contributed by atoms with Crippen LogP contribution < -0.4 is 0 Å². The molecule has 0 aliphatic carbocycles. The number of hydrogen-bond acceptors (Lipinski definition) is 3. The number of carbonyl (C=O) groups excluding carboxylic acids is 1. The minimum absolute atomic E-state index is 0.0226. The van der Waals surface area contributed by atoms with Crippen molar-refractivity contribution >= 4 is 11.6 Å². The fourth-order valence-corrected chi connectivity index (χ4v) is 4.35. The van der Waals surface area contributed by atoms with E-state index in [-0.39, 0.29) is 18.3 Å². The Morgan fingerprint density at radius 1 is 1.00 bits per heavy atom. The second kappa shape index (κ2) is 8.19. The highest BCUT2D eigenvalue weighted by atomic mass is 19.1. The number of rotatable bonds is 4. The number of halogens is 1. The van der Waals surface area contributed by atoms with Crippen LogP contribution in [-0.4, -0.2) is 39.4 Å². The fraction of sp³-hybridized carbons (Fsp3) is 0.269. The lowest BCUT2D eigenvalue weighted by molar-refractivity contribution is -0.130. The highest BCUT2D eigenvalue weighted by molar-refractivity contribution is 5.85. The third kappa shape index (κ3) is 3.88. The van der Waals surface area contributed by atoms with E-state index in [0.29, 0.717) is 18.7 Å². The van der Waals surface area contributed by atoms with Gasteiger partial charge in [-0.1, -0.05) is 30.3 Å². The standard InChI is InChI=1S/C26H25FN4O/c1-17-12-20(10-11-22(17)27)23-13-25(19-6-4-3-5-7-19)31(29-23)16-26(32)30-14-21-9-8-18(2)28-24(21)15-30/h3-7,10-13H,8-9,14-16H2,1-2H3. The predicted octanol–water partition coefficient (Wildman–Crippen LogP) is 5.02. The quantitative estimate of drug-likeness (QED) is 0.586. The van der Waals surface area contributed by atoms with Gasteiger partial charge in [0, 0.05) is 17.8 Å². The summed E-state index contributed by atoms with van der Waals surface area (Å²) in [4.78, 5) is 19.7. The molecule has 1 amide bonds. The van der Waals surface area contributed by atoms with Gasteiger partial charge in [-0.15, -0.1) is 0 Å². The van der Waals surface area contributed by atoms with Gasteiger partial charge in [0.05, 0.1) is 23.6 Å². The molecule has 0 fully saturated rings. The molecule has 0 saturated carbocycles. The molecule has 2 aliphatic rings. The summed E-state index contributed by atoms with van der Waals surface area (Å²) in [5, 5.41) is 4.75. The number of aryl methyl sites for hydroxylation is 1. The zero-order valence-corrected chi connectivity index (χ0v) is 18.3. The van der Waals surface area contributed by atoms with Crippen molar-refractivity contribution in [3.05, 3.63) is 77.2 Å². The van der Waals surface area contributed by atoms with Gasteiger partial charge in [0.15, 0.2) is 0 Å². The first-order valence-electron chi connectivity index (χ1n) is 10.9. The Bertz CT molecular complexity index is 1260. The van der Waals surface area contributed by atoms with E-state index in [9.17, 15) is 9.18 Å². The summed E-state index contributed by atoms with van der Waals surface area (Å²) in [6, 6.07) is 16.8. The molecule has 0 radical (unpaired) electrons. The highest BCUT2D eigenvalue weighted by Crippen LogP contribution is 2.29. The molecule has 2 aliphatic heterocycles. The topological polar surface area (TPSA) is 50.5 Å². The van der Waals surface area contributed by atoms with Gasteiger partial charge in [-0.05, 0) is 67.7 Å². The molecule has 2 aromatic carbocycles. The van der Waals surface area contributed by atoms with Crippen LogP contribution in [-0.2, 0) is 11.3 Å². The summed E-state index contributed by atoms with van der Waals surface area (Å²) in [7, 11) is 0. The lowest BCUT2D eigenvalue weighted by Gasteiger charge is -2.17. The van der Waals surface area contributed by atoms with E-state index in [0.717, 1.165) is 46.8 Å². The van der Waals surface area contributed by atoms with Crippen LogP contribution in [0.1, 0.15) is 25.3 Å². The summed E-state index contributed by atoms with van der Waals surface area (Å²) in [6.07, 6.45) is 1.96. The second-order valence-corrected chi connectivity index (χ2v) is 8.55. The maximum Gasteiger partial charge on any atom is 0.244 e. The maximum absolute atomic E-state index is 13.8. The minimum atomic E-state index is -0.241. The third-order valence-corrected chi connectivity index (χ3v) is 6.19. The average Bonchev–Trinajstić information content (AvgIpc) is 3.40. The first-order valence-corrected chi connectivity index (χ1v) is 10.9. The van der Waals surface area contributed by atoms with Crippen molar-refractivity contribution < 1.29 is 9.18 Å². The van der Waals surface area contributed by atoms with E-state index in [1.165, 1.54) is 11.6 Å². The molecule has 0 saturated heterocycles. The lowest BCUT2D eigenvalue weighted by Crippen LogP contribution is -2.33. The van der Waals surface area contributed by atoms with Crippen molar-refractivity contribution in [3.8, 4) is 22.5 Å². The highest BCUT2D eigenvalue weighted by Gasteiger charge is 2.28. The molecular formula is C26H25FN4O. The molecule has 162 valence electrons. The molecule has 1 aromatic heterocycles. The monoisotopic (exact) mass is 428 g/mol. The van der Waals surface area contributed by atoms with Crippen LogP contribution in [0.5, 0.6) is 0 Å². The fourth-order valence-electron chi connectivity index (χ4n) is 4.35. The van der Waals surface area contributed by atoms with Gasteiger partial charge >= 0.3 is 0 Å². The van der Waals surface area contributed by atoms with Crippen LogP contribution >= 0.6 is 0 Å². The Hall–Kier alpha value is -3.54. The van der Waals surface area contributed by atoms with Crippen LogP contribution in [0.4, 0.5) is 4.39 Å².